The number of anilines is 1. The molecule has 3 heteroatoms. The Balaban J connectivity index is 2.13. The molecule has 2 aromatic carbocycles. The second kappa shape index (κ2) is 5.64. The van der Waals surface area contributed by atoms with Gasteiger partial charge in [0.2, 0.25) is 0 Å². The van der Waals surface area contributed by atoms with Gasteiger partial charge in [-0.1, -0.05) is 52.5 Å². The van der Waals surface area contributed by atoms with Crippen LogP contribution >= 0.6 is 23.2 Å². The maximum Gasteiger partial charge on any atom is 0.0638 e. The fourth-order valence-electron chi connectivity index (χ4n) is 2.00. The number of hydrogen-bond acceptors (Lipinski definition) is 1. The largest absolute Gasteiger partial charge is 0.380 e. The number of halogens is 2. The van der Waals surface area contributed by atoms with Crippen LogP contribution in [0.5, 0.6) is 0 Å². The third kappa shape index (κ3) is 3.41. The van der Waals surface area contributed by atoms with Crippen molar-refractivity contribution in [3.05, 3.63) is 63.1 Å². The fourth-order valence-corrected chi connectivity index (χ4v) is 2.36. The lowest BCUT2D eigenvalue weighted by atomic mass is 10.1. The van der Waals surface area contributed by atoms with Crippen LogP contribution in [0.15, 0.2) is 36.4 Å². The number of nitrogens with one attached hydrogen (secondary N) is 1. The van der Waals surface area contributed by atoms with Crippen molar-refractivity contribution in [1.29, 1.82) is 0 Å². The van der Waals surface area contributed by atoms with Gasteiger partial charge in [0.25, 0.3) is 0 Å². The molecule has 94 valence electrons. The van der Waals surface area contributed by atoms with Crippen molar-refractivity contribution in [2.45, 2.75) is 20.4 Å². The highest BCUT2D eigenvalue weighted by Crippen LogP contribution is 2.26. The van der Waals surface area contributed by atoms with E-state index in [1.165, 1.54) is 16.7 Å². The molecule has 0 bridgehead atoms. The summed E-state index contributed by atoms with van der Waals surface area (Å²) >= 11 is 12.1. The first-order valence-corrected chi connectivity index (χ1v) is 6.56. The number of hydrogen-bond donors (Lipinski definition) is 1. The van der Waals surface area contributed by atoms with Gasteiger partial charge in [0, 0.05) is 11.6 Å². The van der Waals surface area contributed by atoms with Gasteiger partial charge in [-0.15, -0.1) is 0 Å². The van der Waals surface area contributed by atoms with Crippen molar-refractivity contribution in [3.8, 4) is 0 Å². The molecule has 0 saturated carbocycles. The summed E-state index contributed by atoms with van der Waals surface area (Å²) < 4.78 is 0. The van der Waals surface area contributed by atoms with Crippen molar-refractivity contribution in [3.63, 3.8) is 0 Å². The van der Waals surface area contributed by atoms with Crippen LogP contribution in [0.4, 0.5) is 5.69 Å². The van der Waals surface area contributed by atoms with Crippen molar-refractivity contribution in [2.24, 2.45) is 0 Å². The van der Waals surface area contributed by atoms with Gasteiger partial charge in [0.05, 0.1) is 10.7 Å². The molecule has 18 heavy (non-hydrogen) atoms. The predicted octanol–water partition coefficient (Wildman–Crippen LogP) is 5.22. The molecule has 0 aliphatic rings. The Morgan fingerprint density at radius 2 is 1.61 bits per heavy atom. The predicted molar refractivity (Wildman–Crippen MR) is 79.7 cm³/mol. The summed E-state index contributed by atoms with van der Waals surface area (Å²) in [7, 11) is 0. The van der Waals surface area contributed by atoms with Crippen LogP contribution in [0.1, 0.15) is 16.7 Å². The highest BCUT2D eigenvalue weighted by Gasteiger charge is 2.02. The van der Waals surface area contributed by atoms with Gasteiger partial charge in [-0.05, 0) is 37.6 Å². The summed E-state index contributed by atoms with van der Waals surface area (Å²) in [5, 5.41) is 4.67. The highest BCUT2D eigenvalue weighted by molar-refractivity contribution is 6.35. The third-order valence-corrected chi connectivity index (χ3v) is 3.26. The average molecular weight is 280 g/mol. The minimum absolute atomic E-state index is 0.683. The molecule has 0 aliphatic carbocycles. The molecule has 2 rings (SSSR count). The van der Waals surface area contributed by atoms with Gasteiger partial charge in [0.1, 0.15) is 0 Å². The second-order valence-electron chi connectivity index (χ2n) is 4.47. The molecular formula is C15H15Cl2N. The van der Waals surface area contributed by atoms with Crippen LogP contribution in [0.3, 0.4) is 0 Å². The minimum atomic E-state index is 0.683. The average Bonchev–Trinajstić information content (AvgIpc) is 2.29. The molecule has 0 heterocycles. The lowest BCUT2D eigenvalue weighted by molar-refractivity contribution is 1.13. The van der Waals surface area contributed by atoms with E-state index in [0.29, 0.717) is 10.0 Å². The molecule has 1 N–H and O–H groups in total. The van der Waals surface area contributed by atoms with Crippen LogP contribution in [-0.2, 0) is 6.54 Å². The number of aryl methyl sites for hydroxylation is 2. The molecule has 0 atom stereocenters. The van der Waals surface area contributed by atoms with Crippen molar-refractivity contribution >= 4 is 28.9 Å². The van der Waals surface area contributed by atoms with Crippen LogP contribution in [0.2, 0.25) is 10.0 Å². The first-order chi connectivity index (χ1) is 8.54. The molecule has 0 radical (unpaired) electrons. The summed E-state index contributed by atoms with van der Waals surface area (Å²) in [5.74, 6) is 0. The molecule has 0 aliphatic heterocycles. The Morgan fingerprint density at radius 1 is 0.944 bits per heavy atom. The molecule has 0 unspecified atom stereocenters. The SMILES string of the molecule is Cc1cc(C)cc(CNc2cc(Cl)ccc2Cl)c1. The molecule has 0 spiro atoms. The van der Waals surface area contributed by atoms with Crippen molar-refractivity contribution < 1.29 is 0 Å². The molecule has 0 amide bonds. The molecule has 0 saturated heterocycles. The number of rotatable bonds is 3. The monoisotopic (exact) mass is 279 g/mol. The van der Waals surface area contributed by atoms with Gasteiger partial charge in [-0.25, -0.2) is 0 Å². The third-order valence-electron chi connectivity index (χ3n) is 2.69. The maximum atomic E-state index is 6.10. The molecule has 2 aromatic rings. The van der Waals surface area contributed by atoms with Gasteiger partial charge in [-0.2, -0.15) is 0 Å². The maximum absolute atomic E-state index is 6.10. The lowest BCUT2D eigenvalue weighted by Crippen LogP contribution is -2.00. The van der Waals surface area contributed by atoms with E-state index in [1.807, 2.05) is 6.07 Å². The fraction of sp³-hybridized carbons (Fsp3) is 0.200. The van der Waals surface area contributed by atoms with E-state index in [2.05, 4.69) is 37.4 Å². The standard InChI is InChI=1S/C15H15Cl2N/c1-10-5-11(2)7-12(6-10)9-18-15-8-13(16)3-4-14(15)17/h3-8,18H,9H2,1-2H3. The molecule has 0 aromatic heterocycles. The van der Waals surface area contributed by atoms with Crippen LogP contribution in [0.25, 0.3) is 0 Å². The lowest BCUT2D eigenvalue weighted by Gasteiger charge is -2.10. The van der Waals surface area contributed by atoms with Gasteiger partial charge < -0.3 is 5.32 Å². The number of benzene rings is 2. The minimum Gasteiger partial charge on any atom is -0.380 e. The summed E-state index contributed by atoms with van der Waals surface area (Å²) in [4.78, 5) is 0. The van der Waals surface area contributed by atoms with Crippen molar-refractivity contribution in [2.75, 3.05) is 5.32 Å². The second-order valence-corrected chi connectivity index (χ2v) is 5.32. The van der Waals surface area contributed by atoms with E-state index >= 15 is 0 Å². The van der Waals surface area contributed by atoms with Crippen LogP contribution in [-0.4, -0.2) is 0 Å². The summed E-state index contributed by atoms with van der Waals surface area (Å²) in [6.45, 7) is 4.94. The summed E-state index contributed by atoms with van der Waals surface area (Å²) in [6.07, 6.45) is 0. The van der Waals surface area contributed by atoms with Gasteiger partial charge in [-0.3, -0.25) is 0 Å². The Morgan fingerprint density at radius 3 is 2.28 bits per heavy atom. The van der Waals surface area contributed by atoms with E-state index in [1.54, 1.807) is 12.1 Å². The van der Waals surface area contributed by atoms with Crippen LogP contribution in [0, 0.1) is 13.8 Å². The van der Waals surface area contributed by atoms with E-state index in [-0.39, 0.29) is 0 Å². The Labute approximate surface area is 118 Å². The highest BCUT2D eigenvalue weighted by atomic mass is 35.5. The Hall–Kier alpha value is -1.18. The van der Waals surface area contributed by atoms with E-state index in [0.717, 1.165) is 12.2 Å². The molecule has 1 nitrogen and oxygen atoms in total. The molecular weight excluding hydrogens is 265 g/mol. The van der Waals surface area contributed by atoms with Crippen LogP contribution < -0.4 is 5.32 Å². The van der Waals surface area contributed by atoms with E-state index in [9.17, 15) is 0 Å². The topological polar surface area (TPSA) is 12.0 Å². The van der Waals surface area contributed by atoms with E-state index in [4.69, 9.17) is 23.2 Å². The first kappa shape index (κ1) is 13.3. The first-order valence-electron chi connectivity index (χ1n) is 5.81. The zero-order valence-corrected chi connectivity index (χ0v) is 11.9. The van der Waals surface area contributed by atoms with Crippen molar-refractivity contribution in [1.82, 2.24) is 0 Å². The smallest absolute Gasteiger partial charge is 0.0638 e. The normalized spacial score (nSPS) is 10.4. The quantitative estimate of drug-likeness (QED) is 0.812. The van der Waals surface area contributed by atoms with Gasteiger partial charge in [0.15, 0.2) is 0 Å². The van der Waals surface area contributed by atoms with E-state index < -0.39 is 0 Å². The Bertz CT molecular complexity index is 544. The Kier molecular flexibility index (Phi) is 4.15. The summed E-state index contributed by atoms with van der Waals surface area (Å²) in [5.41, 5.74) is 4.64. The molecule has 0 fully saturated rings. The van der Waals surface area contributed by atoms with Gasteiger partial charge >= 0.3 is 0 Å². The zero-order chi connectivity index (χ0) is 13.1. The zero-order valence-electron chi connectivity index (χ0n) is 10.4. The summed E-state index contributed by atoms with van der Waals surface area (Å²) in [6, 6.07) is 11.9.